The van der Waals surface area contributed by atoms with Crippen LogP contribution >= 0.6 is 0 Å². The lowest BCUT2D eigenvalue weighted by molar-refractivity contribution is 0.0926. The molecule has 0 atom stereocenters. The van der Waals surface area contributed by atoms with Crippen molar-refractivity contribution < 1.29 is 9.84 Å². The normalized spacial score (nSPS) is 12.0. The van der Waals surface area contributed by atoms with Crippen LogP contribution in [0.1, 0.15) is 27.7 Å². The van der Waals surface area contributed by atoms with Gasteiger partial charge in [-0.3, -0.25) is 0 Å². The standard InChI is InChI=1S/C12H27NO2/c1-10(2)12(11(3)4)9-13-5-7-15-8-6-14/h10-14H,5-9H2,1-4H3. The predicted octanol–water partition coefficient (Wildman–Crippen LogP) is 1.51. The zero-order valence-corrected chi connectivity index (χ0v) is 10.6. The lowest BCUT2D eigenvalue weighted by Gasteiger charge is -2.25. The van der Waals surface area contributed by atoms with E-state index in [-0.39, 0.29) is 6.61 Å². The summed E-state index contributed by atoms with van der Waals surface area (Å²) < 4.78 is 5.17. The third-order valence-corrected chi connectivity index (χ3v) is 2.75. The summed E-state index contributed by atoms with van der Waals surface area (Å²) in [5.41, 5.74) is 0. The molecule has 0 aliphatic heterocycles. The first-order valence-electron chi connectivity index (χ1n) is 5.99. The maximum Gasteiger partial charge on any atom is 0.0698 e. The van der Waals surface area contributed by atoms with Crippen LogP contribution in [0.2, 0.25) is 0 Å². The van der Waals surface area contributed by atoms with Crippen LogP contribution in [-0.4, -0.2) is 38.0 Å². The van der Waals surface area contributed by atoms with Crippen molar-refractivity contribution in [1.82, 2.24) is 5.32 Å². The van der Waals surface area contributed by atoms with Crippen LogP contribution in [0.3, 0.4) is 0 Å². The summed E-state index contributed by atoms with van der Waals surface area (Å²) in [5, 5.41) is 11.9. The molecule has 0 aromatic carbocycles. The van der Waals surface area contributed by atoms with Crippen LogP contribution in [0.4, 0.5) is 0 Å². The van der Waals surface area contributed by atoms with Crippen molar-refractivity contribution in [2.45, 2.75) is 27.7 Å². The molecule has 0 saturated heterocycles. The third kappa shape index (κ3) is 7.77. The Morgan fingerprint density at radius 3 is 2.13 bits per heavy atom. The summed E-state index contributed by atoms with van der Waals surface area (Å²) in [6.07, 6.45) is 0. The first-order chi connectivity index (χ1) is 7.09. The van der Waals surface area contributed by atoms with E-state index in [1.807, 2.05) is 0 Å². The maximum absolute atomic E-state index is 8.51. The average molecular weight is 217 g/mol. The fraction of sp³-hybridized carbons (Fsp3) is 1.00. The summed E-state index contributed by atoms with van der Waals surface area (Å²) in [4.78, 5) is 0. The minimum absolute atomic E-state index is 0.112. The summed E-state index contributed by atoms with van der Waals surface area (Å²) in [6, 6.07) is 0. The first kappa shape index (κ1) is 14.9. The van der Waals surface area contributed by atoms with Gasteiger partial charge in [0.05, 0.1) is 19.8 Å². The second kappa shape index (κ2) is 9.13. The zero-order valence-electron chi connectivity index (χ0n) is 10.6. The molecular formula is C12H27NO2. The zero-order chi connectivity index (χ0) is 11.7. The van der Waals surface area contributed by atoms with Gasteiger partial charge in [-0.1, -0.05) is 27.7 Å². The van der Waals surface area contributed by atoms with E-state index in [1.165, 1.54) is 0 Å². The van der Waals surface area contributed by atoms with Gasteiger partial charge < -0.3 is 15.2 Å². The number of nitrogens with one attached hydrogen (secondary N) is 1. The van der Waals surface area contributed by atoms with Crippen molar-refractivity contribution in [3.63, 3.8) is 0 Å². The van der Waals surface area contributed by atoms with E-state index in [4.69, 9.17) is 9.84 Å². The highest BCUT2D eigenvalue weighted by Gasteiger charge is 2.16. The molecule has 3 heteroatoms. The van der Waals surface area contributed by atoms with Gasteiger partial charge in [0.15, 0.2) is 0 Å². The fourth-order valence-corrected chi connectivity index (χ4v) is 1.82. The SMILES string of the molecule is CC(C)C(CNCCOCCO)C(C)C. The Bertz CT molecular complexity index is 130. The molecule has 2 N–H and O–H groups in total. The number of hydrogen-bond acceptors (Lipinski definition) is 3. The summed E-state index contributed by atoms with van der Waals surface area (Å²) in [6.45, 7) is 12.3. The van der Waals surface area contributed by atoms with Gasteiger partial charge in [0.25, 0.3) is 0 Å². The Labute approximate surface area is 94.2 Å². The van der Waals surface area contributed by atoms with Crippen molar-refractivity contribution in [3.8, 4) is 0 Å². The number of ether oxygens (including phenoxy) is 1. The molecule has 0 aromatic rings. The summed E-state index contributed by atoms with van der Waals surface area (Å²) in [7, 11) is 0. The van der Waals surface area contributed by atoms with Crippen LogP contribution in [0, 0.1) is 17.8 Å². The molecule has 0 radical (unpaired) electrons. The lowest BCUT2D eigenvalue weighted by atomic mass is 9.85. The Balaban J connectivity index is 3.46. The first-order valence-corrected chi connectivity index (χ1v) is 5.99. The van der Waals surface area contributed by atoms with Gasteiger partial charge >= 0.3 is 0 Å². The molecule has 0 amide bonds. The number of rotatable bonds is 9. The minimum atomic E-state index is 0.112. The molecule has 0 bridgehead atoms. The van der Waals surface area contributed by atoms with E-state index in [0.717, 1.165) is 30.8 Å². The van der Waals surface area contributed by atoms with Crippen molar-refractivity contribution in [3.05, 3.63) is 0 Å². The highest BCUT2D eigenvalue weighted by Crippen LogP contribution is 2.19. The number of aliphatic hydroxyl groups is 1. The monoisotopic (exact) mass is 217 g/mol. The van der Waals surface area contributed by atoms with Crippen LogP contribution in [-0.2, 0) is 4.74 Å². The number of aliphatic hydroxyl groups excluding tert-OH is 1. The van der Waals surface area contributed by atoms with Gasteiger partial charge in [-0.2, -0.15) is 0 Å². The summed E-state index contributed by atoms with van der Waals surface area (Å²) in [5.74, 6) is 2.16. The molecule has 0 aliphatic carbocycles. The second-order valence-corrected chi connectivity index (χ2v) is 4.69. The quantitative estimate of drug-likeness (QED) is 0.575. The molecule has 3 nitrogen and oxygen atoms in total. The van der Waals surface area contributed by atoms with Gasteiger partial charge in [0.1, 0.15) is 0 Å². The molecule has 0 rings (SSSR count). The van der Waals surface area contributed by atoms with Crippen LogP contribution < -0.4 is 5.32 Å². The Morgan fingerprint density at radius 1 is 1.07 bits per heavy atom. The Hall–Kier alpha value is -0.120. The molecule has 92 valence electrons. The maximum atomic E-state index is 8.51. The largest absolute Gasteiger partial charge is 0.394 e. The van der Waals surface area contributed by atoms with Crippen LogP contribution in [0.15, 0.2) is 0 Å². The molecule has 0 fully saturated rings. The van der Waals surface area contributed by atoms with Crippen molar-refractivity contribution in [2.24, 2.45) is 17.8 Å². The van der Waals surface area contributed by atoms with E-state index in [0.29, 0.717) is 13.2 Å². The molecule has 0 unspecified atom stereocenters. The van der Waals surface area contributed by atoms with Gasteiger partial charge in [0, 0.05) is 6.54 Å². The fourth-order valence-electron chi connectivity index (χ4n) is 1.82. The molecule has 0 heterocycles. The molecule has 15 heavy (non-hydrogen) atoms. The third-order valence-electron chi connectivity index (χ3n) is 2.75. The van der Waals surface area contributed by atoms with Crippen molar-refractivity contribution in [2.75, 3.05) is 32.9 Å². The lowest BCUT2D eigenvalue weighted by Crippen LogP contribution is -2.32. The average Bonchev–Trinajstić information content (AvgIpc) is 2.15. The Kier molecular flexibility index (Phi) is 9.06. The molecular weight excluding hydrogens is 190 g/mol. The van der Waals surface area contributed by atoms with Crippen molar-refractivity contribution in [1.29, 1.82) is 0 Å². The predicted molar refractivity (Wildman–Crippen MR) is 63.9 cm³/mol. The van der Waals surface area contributed by atoms with Gasteiger partial charge in [-0.05, 0) is 24.3 Å². The minimum Gasteiger partial charge on any atom is -0.394 e. The Morgan fingerprint density at radius 2 is 1.67 bits per heavy atom. The van der Waals surface area contributed by atoms with Gasteiger partial charge in [-0.15, -0.1) is 0 Å². The van der Waals surface area contributed by atoms with Crippen molar-refractivity contribution >= 4 is 0 Å². The van der Waals surface area contributed by atoms with Gasteiger partial charge in [-0.25, -0.2) is 0 Å². The van der Waals surface area contributed by atoms with E-state index in [2.05, 4.69) is 33.0 Å². The highest BCUT2D eigenvalue weighted by atomic mass is 16.5. The smallest absolute Gasteiger partial charge is 0.0698 e. The van der Waals surface area contributed by atoms with E-state index in [1.54, 1.807) is 0 Å². The highest BCUT2D eigenvalue weighted by molar-refractivity contribution is 4.69. The van der Waals surface area contributed by atoms with Crippen LogP contribution in [0.5, 0.6) is 0 Å². The van der Waals surface area contributed by atoms with E-state index >= 15 is 0 Å². The molecule has 0 spiro atoms. The van der Waals surface area contributed by atoms with E-state index in [9.17, 15) is 0 Å². The number of hydrogen-bond donors (Lipinski definition) is 2. The summed E-state index contributed by atoms with van der Waals surface area (Å²) >= 11 is 0. The topological polar surface area (TPSA) is 41.5 Å². The molecule has 0 aliphatic rings. The van der Waals surface area contributed by atoms with E-state index < -0.39 is 0 Å². The molecule has 0 saturated carbocycles. The van der Waals surface area contributed by atoms with Crippen LogP contribution in [0.25, 0.3) is 0 Å². The molecule has 0 aromatic heterocycles. The second-order valence-electron chi connectivity index (χ2n) is 4.69. The van der Waals surface area contributed by atoms with Gasteiger partial charge in [0.2, 0.25) is 0 Å².